The van der Waals surface area contributed by atoms with Crippen LogP contribution < -0.4 is 28.4 Å². The summed E-state index contributed by atoms with van der Waals surface area (Å²) in [5, 5.41) is 11.3. The van der Waals surface area contributed by atoms with Crippen molar-refractivity contribution in [2.75, 3.05) is 42.7 Å². The minimum atomic E-state index is -0.961. The van der Waals surface area contributed by atoms with Gasteiger partial charge in [-0.1, -0.05) is 6.92 Å². The maximum absolute atomic E-state index is 11.3. The van der Waals surface area contributed by atoms with Crippen LogP contribution in [0, 0.1) is 5.92 Å². The predicted molar refractivity (Wildman–Crippen MR) is 118 cm³/mol. The third kappa shape index (κ3) is 3.71. The van der Waals surface area contributed by atoms with Gasteiger partial charge in [-0.3, -0.25) is 0 Å². The largest absolute Gasteiger partial charge is 0.493 e. The quantitative estimate of drug-likeness (QED) is 0.742. The van der Waals surface area contributed by atoms with Crippen LogP contribution >= 0.6 is 0 Å². The highest BCUT2D eigenvalue weighted by Gasteiger charge is 2.38. The number of benzene rings is 2. The highest BCUT2D eigenvalue weighted by Crippen LogP contribution is 2.56. The molecule has 0 amide bonds. The molecule has 31 heavy (non-hydrogen) atoms. The van der Waals surface area contributed by atoms with Crippen molar-refractivity contribution in [2.45, 2.75) is 32.3 Å². The van der Waals surface area contributed by atoms with Crippen LogP contribution in [0.5, 0.6) is 34.5 Å². The molecule has 0 saturated carbocycles. The summed E-state index contributed by atoms with van der Waals surface area (Å²) in [6.45, 7) is 3.89. The van der Waals surface area contributed by atoms with Crippen molar-refractivity contribution in [3.05, 3.63) is 23.3 Å². The molecule has 2 atom stereocenters. The van der Waals surface area contributed by atoms with Gasteiger partial charge in [-0.2, -0.15) is 0 Å². The smallest absolute Gasteiger partial charge is 0.203 e. The van der Waals surface area contributed by atoms with Crippen molar-refractivity contribution < 1.29 is 33.5 Å². The van der Waals surface area contributed by atoms with Gasteiger partial charge in [-0.15, -0.1) is 0 Å². The predicted octanol–water partition coefficient (Wildman–Crippen LogP) is 3.89. The second-order valence-corrected chi connectivity index (χ2v) is 8.00. The summed E-state index contributed by atoms with van der Waals surface area (Å²) in [5.74, 6) is 3.06. The maximum Gasteiger partial charge on any atom is 0.203 e. The molecule has 0 heterocycles. The molecule has 0 unspecified atom stereocenters. The minimum absolute atomic E-state index is 0.0405. The molecule has 1 N–H and O–H groups in total. The van der Waals surface area contributed by atoms with Gasteiger partial charge in [-0.25, -0.2) is 0 Å². The van der Waals surface area contributed by atoms with Crippen molar-refractivity contribution in [3.63, 3.8) is 0 Å². The van der Waals surface area contributed by atoms with E-state index in [0.29, 0.717) is 47.3 Å². The summed E-state index contributed by atoms with van der Waals surface area (Å²) in [6.07, 6.45) is 1.01. The van der Waals surface area contributed by atoms with E-state index in [1.165, 1.54) is 0 Å². The number of hydrogen-bond acceptors (Lipinski definition) is 7. The van der Waals surface area contributed by atoms with Gasteiger partial charge < -0.3 is 33.5 Å². The van der Waals surface area contributed by atoms with E-state index in [1.54, 1.807) is 42.7 Å². The van der Waals surface area contributed by atoms with E-state index in [4.69, 9.17) is 28.4 Å². The van der Waals surface area contributed by atoms with Crippen LogP contribution in [-0.4, -0.2) is 53.4 Å². The number of methoxy groups -OCH3 is 6. The van der Waals surface area contributed by atoms with Crippen molar-refractivity contribution in [3.8, 4) is 45.6 Å². The monoisotopic (exact) mass is 432 g/mol. The maximum atomic E-state index is 11.3. The fourth-order valence-corrected chi connectivity index (χ4v) is 4.37. The Morgan fingerprint density at radius 2 is 1.13 bits per heavy atom. The number of rotatable bonds is 6. The molecule has 7 nitrogen and oxygen atoms in total. The van der Waals surface area contributed by atoms with Crippen LogP contribution in [0.15, 0.2) is 12.1 Å². The first-order valence-electron chi connectivity index (χ1n) is 10.1. The molecule has 0 saturated heterocycles. The number of aliphatic hydroxyl groups is 1. The normalized spacial score (nSPS) is 20.0. The van der Waals surface area contributed by atoms with Gasteiger partial charge in [0.25, 0.3) is 0 Å². The van der Waals surface area contributed by atoms with Crippen LogP contribution in [0.4, 0.5) is 0 Å². The van der Waals surface area contributed by atoms with Crippen molar-refractivity contribution >= 4 is 0 Å². The van der Waals surface area contributed by atoms with Gasteiger partial charge >= 0.3 is 0 Å². The Balaban J connectivity index is 2.54. The molecular weight excluding hydrogens is 400 g/mol. The van der Waals surface area contributed by atoms with E-state index in [-0.39, 0.29) is 5.92 Å². The van der Waals surface area contributed by atoms with E-state index in [2.05, 4.69) is 0 Å². The molecule has 2 aromatic rings. The van der Waals surface area contributed by atoms with Crippen LogP contribution in [0.2, 0.25) is 0 Å². The van der Waals surface area contributed by atoms with E-state index in [0.717, 1.165) is 22.3 Å². The summed E-state index contributed by atoms with van der Waals surface area (Å²) in [5.41, 5.74) is 2.46. The molecule has 0 spiro atoms. The lowest BCUT2D eigenvalue weighted by atomic mass is 9.75. The SMILES string of the molecule is COc1cc2c(c(OC)c1OC)-c1c(cc(OC)c(OC)c1OC)C[C@](C)(O)[C@H](C)C2. The average molecular weight is 433 g/mol. The summed E-state index contributed by atoms with van der Waals surface area (Å²) in [7, 11) is 9.51. The fourth-order valence-electron chi connectivity index (χ4n) is 4.37. The first kappa shape index (κ1) is 22.9. The second-order valence-electron chi connectivity index (χ2n) is 8.00. The Morgan fingerprint density at radius 3 is 1.55 bits per heavy atom. The Hall–Kier alpha value is -2.80. The van der Waals surface area contributed by atoms with E-state index >= 15 is 0 Å². The van der Waals surface area contributed by atoms with Crippen molar-refractivity contribution in [1.29, 1.82) is 0 Å². The lowest BCUT2D eigenvalue weighted by Gasteiger charge is -2.36. The van der Waals surface area contributed by atoms with Gasteiger partial charge in [0.1, 0.15) is 0 Å². The fraction of sp³-hybridized carbons (Fsp3) is 0.500. The first-order chi connectivity index (χ1) is 14.8. The molecule has 0 aliphatic heterocycles. The Kier molecular flexibility index (Phi) is 6.46. The molecule has 3 rings (SSSR count). The standard InChI is InChI=1S/C24H32O7/c1-13-9-14-10-16(26-3)20(28-5)22(30-7)18(14)19-15(12-24(13,2)25)11-17(27-4)21(29-6)23(19)31-8/h10-11,13,25H,9,12H2,1-8H3/t13-,24+/m1/s1. The minimum Gasteiger partial charge on any atom is -0.493 e. The summed E-state index contributed by atoms with van der Waals surface area (Å²) < 4.78 is 34.2. The molecule has 1 aliphatic rings. The Labute approximate surface area is 183 Å². The Bertz CT molecular complexity index is 965. The number of ether oxygens (including phenoxy) is 6. The molecule has 0 aromatic heterocycles. The molecule has 170 valence electrons. The number of hydrogen-bond donors (Lipinski definition) is 1. The van der Waals surface area contributed by atoms with E-state index in [1.807, 2.05) is 26.0 Å². The molecule has 0 fully saturated rings. The molecule has 1 aliphatic carbocycles. The molecule has 0 radical (unpaired) electrons. The van der Waals surface area contributed by atoms with Gasteiger partial charge in [0.2, 0.25) is 11.5 Å². The summed E-state index contributed by atoms with van der Waals surface area (Å²) >= 11 is 0. The second kappa shape index (κ2) is 8.75. The number of fused-ring (bicyclic) bond motifs is 3. The van der Waals surface area contributed by atoms with Crippen LogP contribution in [-0.2, 0) is 12.8 Å². The van der Waals surface area contributed by atoms with Crippen LogP contribution in [0.25, 0.3) is 11.1 Å². The first-order valence-corrected chi connectivity index (χ1v) is 10.1. The molecule has 2 aromatic carbocycles. The highest BCUT2D eigenvalue weighted by molar-refractivity contribution is 5.88. The van der Waals surface area contributed by atoms with Gasteiger partial charge in [0.05, 0.1) is 48.3 Å². The van der Waals surface area contributed by atoms with Crippen molar-refractivity contribution in [2.24, 2.45) is 5.92 Å². The zero-order valence-corrected chi connectivity index (χ0v) is 19.5. The zero-order chi connectivity index (χ0) is 22.9. The van der Waals surface area contributed by atoms with Crippen LogP contribution in [0.1, 0.15) is 25.0 Å². The Morgan fingerprint density at radius 1 is 0.710 bits per heavy atom. The summed E-state index contributed by atoms with van der Waals surface area (Å²) in [4.78, 5) is 0. The van der Waals surface area contributed by atoms with E-state index < -0.39 is 5.60 Å². The zero-order valence-electron chi connectivity index (χ0n) is 19.5. The lowest BCUT2D eigenvalue weighted by Crippen LogP contribution is -2.37. The third-order valence-electron chi connectivity index (χ3n) is 6.21. The van der Waals surface area contributed by atoms with Gasteiger partial charge in [-0.05, 0) is 42.5 Å². The van der Waals surface area contributed by atoms with Crippen LogP contribution in [0.3, 0.4) is 0 Å². The molecule has 0 bridgehead atoms. The van der Waals surface area contributed by atoms with Crippen molar-refractivity contribution in [1.82, 2.24) is 0 Å². The summed E-state index contributed by atoms with van der Waals surface area (Å²) in [6, 6.07) is 3.83. The average Bonchev–Trinajstić information content (AvgIpc) is 2.76. The third-order valence-corrected chi connectivity index (χ3v) is 6.21. The van der Waals surface area contributed by atoms with E-state index in [9.17, 15) is 5.11 Å². The lowest BCUT2D eigenvalue weighted by molar-refractivity contribution is 0.00628. The van der Waals surface area contributed by atoms with Gasteiger partial charge in [0.15, 0.2) is 23.0 Å². The van der Waals surface area contributed by atoms with Gasteiger partial charge in [0, 0.05) is 17.5 Å². The highest BCUT2D eigenvalue weighted by atomic mass is 16.5. The molecule has 7 heteroatoms. The molecular formula is C24H32O7. The topological polar surface area (TPSA) is 75.6 Å².